The maximum atomic E-state index is 4.94. The van der Waals surface area contributed by atoms with Crippen molar-refractivity contribution < 1.29 is 24.4 Å². The predicted molar refractivity (Wildman–Crippen MR) is 46.9 cm³/mol. The van der Waals surface area contributed by atoms with Crippen molar-refractivity contribution in [2.24, 2.45) is 0 Å². The Hall–Kier alpha value is -0.200. The van der Waals surface area contributed by atoms with Crippen LogP contribution in [0.1, 0.15) is 0 Å². The van der Waals surface area contributed by atoms with Crippen LogP contribution < -0.4 is 0 Å². The van der Waals surface area contributed by atoms with Gasteiger partial charge in [0.15, 0.2) is 0 Å². The number of rotatable bonds is 0. The topological polar surface area (TPSA) is 68.4 Å². The molecule has 2 saturated heterocycles. The molecule has 2 aliphatic heterocycles. The molecule has 0 unspecified atom stereocenters. The van der Waals surface area contributed by atoms with Crippen molar-refractivity contribution in [1.82, 2.24) is 0 Å². The third-order valence-electron chi connectivity index (χ3n) is 1.49. The van der Waals surface area contributed by atoms with Gasteiger partial charge in [0.05, 0.1) is 52.9 Å². The SMILES string of the molecule is C1COCCO1.C1COCCO1.O. The second-order valence-electron chi connectivity index (χ2n) is 2.45. The van der Waals surface area contributed by atoms with Crippen LogP contribution in [0.2, 0.25) is 0 Å². The van der Waals surface area contributed by atoms with Crippen LogP contribution in [0.3, 0.4) is 0 Å². The standard InChI is InChI=1S/2C4H8O2.H2O/c2*1-2-6-4-3-5-1;/h2*1-4H2;1H2. The summed E-state index contributed by atoms with van der Waals surface area (Å²) >= 11 is 0. The molecule has 80 valence electrons. The van der Waals surface area contributed by atoms with Crippen molar-refractivity contribution in [1.29, 1.82) is 0 Å². The minimum Gasteiger partial charge on any atom is -0.412 e. The van der Waals surface area contributed by atoms with Crippen LogP contribution in [-0.4, -0.2) is 58.3 Å². The van der Waals surface area contributed by atoms with Crippen LogP contribution >= 0.6 is 0 Å². The molecule has 0 amide bonds. The summed E-state index contributed by atoms with van der Waals surface area (Å²) in [6.07, 6.45) is 0. The Bertz CT molecular complexity index is 55.5. The summed E-state index contributed by atoms with van der Waals surface area (Å²) in [7, 11) is 0. The van der Waals surface area contributed by atoms with E-state index in [0.29, 0.717) is 0 Å². The average Bonchev–Trinajstić information content (AvgIpc) is 2.24. The van der Waals surface area contributed by atoms with Gasteiger partial charge in [-0.25, -0.2) is 0 Å². The molecule has 2 rings (SSSR count). The summed E-state index contributed by atoms with van der Waals surface area (Å²) in [5, 5.41) is 0. The quantitative estimate of drug-likeness (QED) is 0.508. The van der Waals surface area contributed by atoms with E-state index in [4.69, 9.17) is 18.9 Å². The Morgan fingerprint density at radius 2 is 0.538 bits per heavy atom. The van der Waals surface area contributed by atoms with Crippen LogP contribution in [0.15, 0.2) is 0 Å². The van der Waals surface area contributed by atoms with E-state index in [0.717, 1.165) is 52.9 Å². The largest absolute Gasteiger partial charge is 0.412 e. The molecule has 0 radical (unpaired) electrons. The fourth-order valence-electron chi connectivity index (χ4n) is 0.880. The Labute approximate surface area is 78.2 Å². The molecule has 0 aromatic carbocycles. The molecule has 5 nitrogen and oxygen atoms in total. The number of hydrogen-bond donors (Lipinski definition) is 0. The Morgan fingerprint density at radius 3 is 0.615 bits per heavy atom. The molecule has 0 aliphatic carbocycles. The maximum Gasteiger partial charge on any atom is 0.0701 e. The lowest BCUT2D eigenvalue weighted by Crippen LogP contribution is -2.16. The normalized spacial score (nSPS) is 22.2. The summed E-state index contributed by atoms with van der Waals surface area (Å²) in [6.45, 7) is 6.22. The molecule has 0 bridgehead atoms. The first-order valence-corrected chi connectivity index (χ1v) is 4.31. The zero-order valence-corrected chi connectivity index (χ0v) is 7.79. The van der Waals surface area contributed by atoms with Crippen molar-refractivity contribution in [3.8, 4) is 0 Å². The van der Waals surface area contributed by atoms with E-state index in [-0.39, 0.29) is 5.48 Å². The lowest BCUT2D eigenvalue weighted by Gasteiger charge is -2.09. The summed E-state index contributed by atoms with van der Waals surface area (Å²) < 4.78 is 19.8. The summed E-state index contributed by atoms with van der Waals surface area (Å²) in [5.74, 6) is 0. The summed E-state index contributed by atoms with van der Waals surface area (Å²) in [6, 6.07) is 0. The second-order valence-corrected chi connectivity index (χ2v) is 2.45. The predicted octanol–water partition coefficient (Wildman–Crippen LogP) is -0.758. The zero-order chi connectivity index (χ0) is 8.49. The molecule has 0 atom stereocenters. The van der Waals surface area contributed by atoms with Gasteiger partial charge in [-0.1, -0.05) is 0 Å². The molecule has 0 saturated carbocycles. The number of hydrogen-bond acceptors (Lipinski definition) is 4. The molecule has 0 aromatic rings. The van der Waals surface area contributed by atoms with Gasteiger partial charge in [0.2, 0.25) is 0 Å². The molecule has 0 aromatic heterocycles. The highest BCUT2D eigenvalue weighted by Crippen LogP contribution is 1.85. The fraction of sp³-hybridized carbons (Fsp3) is 1.00. The second kappa shape index (κ2) is 9.88. The highest BCUT2D eigenvalue weighted by Gasteiger charge is 1.94. The third kappa shape index (κ3) is 8.14. The van der Waals surface area contributed by atoms with Crippen molar-refractivity contribution in [2.75, 3.05) is 52.9 Å². The van der Waals surface area contributed by atoms with Gasteiger partial charge < -0.3 is 24.4 Å². The van der Waals surface area contributed by atoms with Crippen LogP contribution in [0.25, 0.3) is 0 Å². The Morgan fingerprint density at radius 1 is 0.385 bits per heavy atom. The van der Waals surface area contributed by atoms with Crippen molar-refractivity contribution in [2.45, 2.75) is 0 Å². The number of ether oxygens (including phenoxy) is 4. The lowest BCUT2D eigenvalue weighted by molar-refractivity contribution is -0.0334. The van der Waals surface area contributed by atoms with E-state index >= 15 is 0 Å². The highest BCUT2D eigenvalue weighted by molar-refractivity contribution is 4.37. The average molecular weight is 194 g/mol. The minimum atomic E-state index is 0. The van der Waals surface area contributed by atoms with Gasteiger partial charge in [0.1, 0.15) is 0 Å². The van der Waals surface area contributed by atoms with Crippen LogP contribution in [0.5, 0.6) is 0 Å². The minimum absolute atomic E-state index is 0. The highest BCUT2D eigenvalue weighted by atomic mass is 16.6. The lowest BCUT2D eigenvalue weighted by atomic mass is 10.6. The van der Waals surface area contributed by atoms with E-state index in [1.807, 2.05) is 0 Å². The maximum absolute atomic E-state index is 4.94. The van der Waals surface area contributed by atoms with Gasteiger partial charge >= 0.3 is 0 Å². The molecule has 2 N–H and O–H groups in total. The van der Waals surface area contributed by atoms with Crippen LogP contribution in [0.4, 0.5) is 0 Å². The van der Waals surface area contributed by atoms with E-state index < -0.39 is 0 Å². The molecule has 2 aliphatic rings. The van der Waals surface area contributed by atoms with Crippen molar-refractivity contribution in [3.05, 3.63) is 0 Å². The molecular formula is C8H18O5. The molecule has 2 fully saturated rings. The first kappa shape index (κ1) is 12.8. The van der Waals surface area contributed by atoms with Crippen LogP contribution in [-0.2, 0) is 18.9 Å². The van der Waals surface area contributed by atoms with Gasteiger partial charge in [-0.15, -0.1) is 0 Å². The smallest absolute Gasteiger partial charge is 0.0701 e. The monoisotopic (exact) mass is 194 g/mol. The molecular weight excluding hydrogens is 176 g/mol. The van der Waals surface area contributed by atoms with Crippen molar-refractivity contribution in [3.63, 3.8) is 0 Å². The summed E-state index contributed by atoms with van der Waals surface area (Å²) in [4.78, 5) is 0. The van der Waals surface area contributed by atoms with Gasteiger partial charge in [-0.05, 0) is 0 Å². The van der Waals surface area contributed by atoms with E-state index in [9.17, 15) is 0 Å². The van der Waals surface area contributed by atoms with Crippen molar-refractivity contribution >= 4 is 0 Å². The Balaban J connectivity index is 0.000000206. The van der Waals surface area contributed by atoms with E-state index in [1.54, 1.807) is 0 Å². The van der Waals surface area contributed by atoms with Gasteiger partial charge in [-0.2, -0.15) is 0 Å². The van der Waals surface area contributed by atoms with Gasteiger partial charge in [-0.3, -0.25) is 0 Å². The van der Waals surface area contributed by atoms with Gasteiger partial charge in [0.25, 0.3) is 0 Å². The molecule has 5 heteroatoms. The van der Waals surface area contributed by atoms with E-state index in [2.05, 4.69) is 0 Å². The van der Waals surface area contributed by atoms with Crippen LogP contribution in [0, 0.1) is 0 Å². The molecule has 2 heterocycles. The van der Waals surface area contributed by atoms with E-state index in [1.165, 1.54) is 0 Å². The molecule has 13 heavy (non-hydrogen) atoms. The first-order valence-electron chi connectivity index (χ1n) is 4.31. The Kier molecular flexibility index (Phi) is 9.73. The molecule has 0 spiro atoms. The summed E-state index contributed by atoms with van der Waals surface area (Å²) in [5.41, 5.74) is 0. The van der Waals surface area contributed by atoms with Gasteiger partial charge in [0, 0.05) is 0 Å². The fourth-order valence-corrected chi connectivity index (χ4v) is 0.880. The first-order chi connectivity index (χ1) is 6.00. The third-order valence-corrected chi connectivity index (χ3v) is 1.49. The zero-order valence-electron chi connectivity index (χ0n) is 7.79.